The van der Waals surface area contributed by atoms with Crippen molar-refractivity contribution in [3.8, 4) is 0 Å². The number of carbonyl (C=O) groups excluding carboxylic acids is 2. The molecular weight excluding hydrogens is 347 g/mol. The van der Waals surface area contributed by atoms with E-state index in [9.17, 15) is 22.8 Å². The first-order chi connectivity index (χ1) is 12.3. The first-order valence-electron chi connectivity index (χ1n) is 8.28. The molecule has 3 rings (SSSR count). The van der Waals surface area contributed by atoms with E-state index >= 15 is 0 Å². The van der Waals surface area contributed by atoms with Gasteiger partial charge < -0.3 is 4.90 Å². The van der Waals surface area contributed by atoms with Crippen molar-refractivity contribution in [1.29, 1.82) is 0 Å². The summed E-state index contributed by atoms with van der Waals surface area (Å²) in [5.74, 6) is -1.17. The van der Waals surface area contributed by atoms with Gasteiger partial charge in [-0.1, -0.05) is 12.1 Å². The highest BCUT2D eigenvalue weighted by Crippen LogP contribution is 2.30. The van der Waals surface area contributed by atoms with Gasteiger partial charge in [-0.3, -0.25) is 14.7 Å². The van der Waals surface area contributed by atoms with E-state index in [-0.39, 0.29) is 29.5 Å². The lowest BCUT2D eigenvalue weighted by Gasteiger charge is -2.31. The quantitative estimate of drug-likeness (QED) is 0.847. The second-order valence-corrected chi connectivity index (χ2v) is 6.47. The summed E-state index contributed by atoms with van der Waals surface area (Å²) in [6.45, 7) is 2.46. The number of nitrogens with one attached hydrogen (secondary N) is 1. The Bertz CT molecular complexity index is 829. The number of halogens is 3. The Labute approximate surface area is 148 Å². The number of carbonyl (C=O) groups is 2. The Morgan fingerprint density at radius 3 is 2.69 bits per heavy atom. The molecule has 2 heterocycles. The zero-order valence-corrected chi connectivity index (χ0v) is 14.1. The van der Waals surface area contributed by atoms with Crippen LogP contribution in [0.15, 0.2) is 30.3 Å². The van der Waals surface area contributed by atoms with Crippen molar-refractivity contribution >= 4 is 11.7 Å². The molecule has 1 aromatic carbocycles. The van der Waals surface area contributed by atoms with E-state index in [1.807, 2.05) is 0 Å². The molecule has 0 spiro atoms. The van der Waals surface area contributed by atoms with Crippen LogP contribution in [0.25, 0.3) is 0 Å². The van der Waals surface area contributed by atoms with Gasteiger partial charge in [0.05, 0.1) is 5.56 Å². The maximum Gasteiger partial charge on any atom is 0.416 e. The van der Waals surface area contributed by atoms with E-state index in [1.165, 1.54) is 17.0 Å². The first-order valence-corrected chi connectivity index (χ1v) is 8.28. The van der Waals surface area contributed by atoms with Crippen LogP contribution < -0.4 is 0 Å². The van der Waals surface area contributed by atoms with E-state index in [0.29, 0.717) is 19.4 Å². The minimum Gasteiger partial charge on any atom is -0.337 e. The molecule has 1 atom stereocenters. The lowest BCUT2D eigenvalue weighted by molar-refractivity contribution is -0.137. The number of H-pyrrole nitrogens is 1. The number of rotatable bonds is 3. The lowest BCUT2D eigenvalue weighted by Crippen LogP contribution is -2.42. The van der Waals surface area contributed by atoms with E-state index in [4.69, 9.17) is 0 Å². The Kier molecular flexibility index (Phi) is 4.84. The number of alkyl halides is 3. The van der Waals surface area contributed by atoms with Gasteiger partial charge in [0.1, 0.15) is 5.69 Å². The molecule has 1 aliphatic heterocycles. The standard InChI is InChI=1S/C18H18F3N3O2/c1-11-8-15(23-22-11)17(26)24-7-3-5-13(10-24)16(25)12-4-2-6-14(9-12)18(19,20)21/h2,4,6,8-9,13H,3,5,7,10H2,1H3,(H,22,23)/t13-/m1/s1. The molecule has 1 aliphatic rings. The van der Waals surface area contributed by atoms with Crippen LogP contribution in [0.1, 0.15) is 44.9 Å². The van der Waals surface area contributed by atoms with Gasteiger partial charge in [-0.15, -0.1) is 0 Å². The molecule has 26 heavy (non-hydrogen) atoms. The summed E-state index contributed by atoms with van der Waals surface area (Å²) in [4.78, 5) is 26.7. The zero-order chi connectivity index (χ0) is 18.9. The molecule has 0 unspecified atom stereocenters. The van der Waals surface area contributed by atoms with Crippen molar-refractivity contribution in [2.24, 2.45) is 5.92 Å². The second-order valence-electron chi connectivity index (χ2n) is 6.47. The summed E-state index contributed by atoms with van der Waals surface area (Å²) >= 11 is 0. The first kappa shape index (κ1) is 18.2. The van der Waals surface area contributed by atoms with Crippen molar-refractivity contribution in [2.75, 3.05) is 13.1 Å². The maximum absolute atomic E-state index is 12.9. The van der Waals surface area contributed by atoms with Gasteiger partial charge in [0.15, 0.2) is 5.78 Å². The number of piperidine rings is 1. The number of amides is 1. The van der Waals surface area contributed by atoms with E-state index in [2.05, 4.69) is 10.2 Å². The number of aromatic amines is 1. The van der Waals surface area contributed by atoms with Crippen molar-refractivity contribution < 1.29 is 22.8 Å². The molecule has 1 fully saturated rings. The summed E-state index contributed by atoms with van der Waals surface area (Å²) in [5, 5.41) is 6.63. The number of hydrogen-bond donors (Lipinski definition) is 1. The normalized spacial score (nSPS) is 18.0. The van der Waals surface area contributed by atoms with Crippen LogP contribution >= 0.6 is 0 Å². The molecule has 1 saturated heterocycles. The number of aryl methyl sites for hydroxylation is 1. The largest absolute Gasteiger partial charge is 0.416 e. The van der Waals surface area contributed by atoms with Crippen LogP contribution in [0.5, 0.6) is 0 Å². The zero-order valence-electron chi connectivity index (χ0n) is 14.1. The molecule has 0 bridgehead atoms. The molecule has 1 N–H and O–H groups in total. The van der Waals surface area contributed by atoms with Gasteiger partial charge in [-0.25, -0.2) is 0 Å². The summed E-state index contributed by atoms with van der Waals surface area (Å²) in [6, 6.07) is 6.05. The Morgan fingerprint density at radius 2 is 2.04 bits per heavy atom. The fourth-order valence-corrected chi connectivity index (χ4v) is 3.15. The summed E-state index contributed by atoms with van der Waals surface area (Å²) < 4.78 is 38.6. The highest BCUT2D eigenvalue weighted by molar-refractivity contribution is 5.99. The fourth-order valence-electron chi connectivity index (χ4n) is 3.15. The number of Topliss-reactive ketones (excluding diaryl/α,β-unsaturated/α-hetero) is 1. The highest BCUT2D eigenvalue weighted by Gasteiger charge is 2.33. The topological polar surface area (TPSA) is 66.1 Å². The van der Waals surface area contributed by atoms with Crippen molar-refractivity contribution in [2.45, 2.75) is 25.9 Å². The number of likely N-dealkylation sites (tertiary alicyclic amines) is 1. The third-order valence-corrected chi connectivity index (χ3v) is 4.48. The predicted molar refractivity (Wildman–Crippen MR) is 87.7 cm³/mol. The Morgan fingerprint density at radius 1 is 1.27 bits per heavy atom. The minimum absolute atomic E-state index is 0.0229. The molecule has 0 aliphatic carbocycles. The molecule has 8 heteroatoms. The van der Waals surface area contributed by atoms with Gasteiger partial charge in [0.25, 0.3) is 5.91 Å². The fraction of sp³-hybridized carbons (Fsp3) is 0.389. The van der Waals surface area contributed by atoms with Crippen LogP contribution in [0.3, 0.4) is 0 Å². The number of aromatic nitrogens is 2. The summed E-state index contributed by atoms with van der Waals surface area (Å²) in [6.07, 6.45) is -3.34. The summed E-state index contributed by atoms with van der Waals surface area (Å²) in [7, 11) is 0. The molecule has 1 aromatic heterocycles. The number of benzene rings is 1. The minimum atomic E-state index is -4.50. The Hall–Kier alpha value is -2.64. The van der Waals surface area contributed by atoms with Crippen molar-refractivity contribution in [1.82, 2.24) is 15.1 Å². The smallest absolute Gasteiger partial charge is 0.337 e. The maximum atomic E-state index is 12.9. The molecule has 0 radical (unpaired) electrons. The van der Waals surface area contributed by atoms with Crippen LogP contribution in [0.2, 0.25) is 0 Å². The molecule has 0 saturated carbocycles. The van der Waals surface area contributed by atoms with E-state index < -0.39 is 17.7 Å². The third kappa shape index (κ3) is 3.79. The van der Waals surface area contributed by atoms with Crippen LogP contribution in [-0.4, -0.2) is 39.9 Å². The number of ketones is 1. The van der Waals surface area contributed by atoms with E-state index in [0.717, 1.165) is 17.8 Å². The average molecular weight is 365 g/mol. The SMILES string of the molecule is Cc1cc(C(=O)N2CCC[C@@H](C(=O)c3cccc(C(F)(F)F)c3)C2)n[nH]1. The van der Waals surface area contributed by atoms with Crippen LogP contribution in [0.4, 0.5) is 13.2 Å². The monoisotopic (exact) mass is 365 g/mol. The van der Waals surface area contributed by atoms with E-state index in [1.54, 1.807) is 13.0 Å². The van der Waals surface area contributed by atoms with Crippen LogP contribution in [-0.2, 0) is 6.18 Å². The highest BCUT2D eigenvalue weighted by atomic mass is 19.4. The average Bonchev–Trinajstić information content (AvgIpc) is 3.06. The molecule has 1 amide bonds. The van der Waals surface area contributed by atoms with Gasteiger partial charge in [-0.2, -0.15) is 18.3 Å². The number of hydrogen-bond acceptors (Lipinski definition) is 3. The molecule has 138 valence electrons. The van der Waals surface area contributed by atoms with Crippen LogP contribution in [0, 0.1) is 12.8 Å². The van der Waals surface area contributed by atoms with Crippen molar-refractivity contribution in [3.05, 3.63) is 52.8 Å². The van der Waals surface area contributed by atoms with Gasteiger partial charge in [-0.05, 0) is 38.0 Å². The predicted octanol–water partition coefficient (Wildman–Crippen LogP) is 3.47. The molecular formula is C18H18F3N3O2. The molecule has 5 nitrogen and oxygen atoms in total. The lowest BCUT2D eigenvalue weighted by atomic mass is 9.89. The molecule has 2 aromatic rings. The third-order valence-electron chi connectivity index (χ3n) is 4.48. The van der Waals surface area contributed by atoms with Gasteiger partial charge in [0.2, 0.25) is 0 Å². The van der Waals surface area contributed by atoms with Crippen molar-refractivity contribution in [3.63, 3.8) is 0 Å². The second kappa shape index (κ2) is 6.93. The summed E-state index contributed by atoms with van der Waals surface area (Å²) in [5.41, 5.74) is 0.199. The van der Waals surface area contributed by atoms with Gasteiger partial charge >= 0.3 is 6.18 Å². The number of nitrogens with zero attached hydrogens (tertiary/aromatic N) is 2. The Balaban J connectivity index is 1.75. The van der Waals surface area contributed by atoms with Gasteiger partial charge in [0, 0.05) is 30.3 Å².